The molecule has 6 nitrogen and oxygen atoms in total. The lowest BCUT2D eigenvalue weighted by Crippen LogP contribution is -2.43. The molecule has 1 fully saturated rings. The lowest BCUT2D eigenvalue weighted by molar-refractivity contribution is 0.0291. The van der Waals surface area contributed by atoms with Crippen LogP contribution in [-0.4, -0.2) is 48.8 Å². The minimum atomic E-state index is -0.483. The summed E-state index contributed by atoms with van der Waals surface area (Å²) >= 11 is 0. The van der Waals surface area contributed by atoms with Crippen LogP contribution >= 0.6 is 0 Å². The molecule has 98 valence electrons. The van der Waals surface area contributed by atoms with Crippen LogP contribution in [0.2, 0.25) is 0 Å². The van der Waals surface area contributed by atoms with Gasteiger partial charge in [0.05, 0.1) is 0 Å². The highest BCUT2D eigenvalue weighted by Gasteiger charge is 2.30. The van der Waals surface area contributed by atoms with Crippen LogP contribution in [0.15, 0.2) is 0 Å². The summed E-state index contributed by atoms with van der Waals surface area (Å²) in [7, 11) is 1.57. The fourth-order valence-corrected chi connectivity index (χ4v) is 1.63. The number of rotatable bonds is 1. The first kappa shape index (κ1) is 13.6. The third-order valence-corrected chi connectivity index (χ3v) is 2.40. The Bertz CT molecular complexity index is 299. The summed E-state index contributed by atoms with van der Waals surface area (Å²) < 4.78 is 5.26. The van der Waals surface area contributed by atoms with Gasteiger partial charge in [0.1, 0.15) is 5.60 Å². The maximum atomic E-state index is 11.7. The molecule has 17 heavy (non-hydrogen) atoms. The zero-order valence-corrected chi connectivity index (χ0v) is 10.9. The minimum Gasteiger partial charge on any atom is -0.444 e. The van der Waals surface area contributed by atoms with Crippen molar-refractivity contribution >= 4 is 12.1 Å². The molecule has 3 amide bonds. The van der Waals surface area contributed by atoms with E-state index in [0.717, 1.165) is 6.42 Å². The van der Waals surface area contributed by atoms with Gasteiger partial charge in [0, 0.05) is 26.2 Å². The zero-order valence-electron chi connectivity index (χ0n) is 10.9. The Kier molecular flexibility index (Phi) is 4.20. The molecule has 2 N–H and O–H groups in total. The third-order valence-electron chi connectivity index (χ3n) is 2.40. The van der Waals surface area contributed by atoms with Gasteiger partial charge in [-0.2, -0.15) is 0 Å². The van der Waals surface area contributed by atoms with E-state index in [-0.39, 0.29) is 18.2 Å². The molecule has 0 aliphatic carbocycles. The second kappa shape index (κ2) is 5.25. The number of hydrogen-bond acceptors (Lipinski definition) is 3. The van der Waals surface area contributed by atoms with Crippen LogP contribution in [0.4, 0.5) is 9.59 Å². The molecule has 1 heterocycles. The summed E-state index contributed by atoms with van der Waals surface area (Å²) in [6, 6.07) is -0.219. The molecule has 0 spiro atoms. The largest absolute Gasteiger partial charge is 0.444 e. The molecule has 1 aliphatic rings. The van der Waals surface area contributed by atoms with Gasteiger partial charge in [-0.1, -0.05) is 0 Å². The summed E-state index contributed by atoms with van der Waals surface area (Å²) in [5, 5.41) is 5.27. The Morgan fingerprint density at radius 2 is 2.00 bits per heavy atom. The number of amides is 3. The van der Waals surface area contributed by atoms with Gasteiger partial charge in [-0.05, 0) is 27.2 Å². The minimum absolute atomic E-state index is 0.00229. The lowest BCUT2D eigenvalue weighted by Gasteiger charge is -2.24. The normalized spacial score (nSPS) is 20.0. The van der Waals surface area contributed by atoms with Crippen molar-refractivity contribution in [2.45, 2.75) is 38.8 Å². The zero-order chi connectivity index (χ0) is 13.1. The molecule has 0 aromatic carbocycles. The van der Waals surface area contributed by atoms with Crippen LogP contribution in [0.5, 0.6) is 0 Å². The third kappa shape index (κ3) is 4.50. The second-order valence-corrected chi connectivity index (χ2v) is 5.14. The first-order chi connectivity index (χ1) is 7.81. The maximum Gasteiger partial charge on any atom is 0.410 e. The van der Waals surface area contributed by atoms with Gasteiger partial charge in [0.2, 0.25) is 0 Å². The number of carbonyl (C=O) groups excluding carboxylic acids is 2. The highest BCUT2D eigenvalue weighted by Crippen LogP contribution is 2.15. The number of carbonyl (C=O) groups is 2. The molecular formula is C11H21N3O3. The molecule has 0 unspecified atom stereocenters. The Morgan fingerprint density at radius 1 is 1.35 bits per heavy atom. The maximum absolute atomic E-state index is 11.7. The van der Waals surface area contributed by atoms with E-state index in [1.165, 1.54) is 0 Å². The molecule has 0 radical (unpaired) electrons. The van der Waals surface area contributed by atoms with Crippen molar-refractivity contribution in [1.82, 2.24) is 15.5 Å². The van der Waals surface area contributed by atoms with Crippen molar-refractivity contribution in [3.8, 4) is 0 Å². The van der Waals surface area contributed by atoms with Crippen molar-refractivity contribution in [3.05, 3.63) is 0 Å². The van der Waals surface area contributed by atoms with Gasteiger partial charge in [-0.25, -0.2) is 9.59 Å². The van der Waals surface area contributed by atoms with Crippen molar-refractivity contribution in [2.24, 2.45) is 0 Å². The molecule has 1 saturated heterocycles. The van der Waals surface area contributed by atoms with Crippen LogP contribution in [-0.2, 0) is 4.74 Å². The first-order valence-corrected chi connectivity index (χ1v) is 5.78. The van der Waals surface area contributed by atoms with Gasteiger partial charge >= 0.3 is 12.1 Å². The molecule has 0 aromatic rings. The smallest absolute Gasteiger partial charge is 0.410 e. The number of nitrogens with one attached hydrogen (secondary N) is 2. The number of likely N-dealkylation sites (tertiary alicyclic amines) is 1. The molecule has 1 atom stereocenters. The average molecular weight is 243 g/mol. The first-order valence-electron chi connectivity index (χ1n) is 5.78. The van der Waals surface area contributed by atoms with Gasteiger partial charge in [0.15, 0.2) is 0 Å². The van der Waals surface area contributed by atoms with Gasteiger partial charge in [0.25, 0.3) is 0 Å². The van der Waals surface area contributed by atoms with E-state index in [0.29, 0.717) is 13.1 Å². The van der Waals surface area contributed by atoms with Crippen LogP contribution in [0.25, 0.3) is 0 Å². The van der Waals surface area contributed by atoms with Crippen LogP contribution in [0.1, 0.15) is 27.2 Å². The molecule has 1 aliphatic heterocycles. The predicted octanol–water partition coefficient (Wildman–Crippen LogP) is 0.925. The number of hydrogen-bond donors (Lipinski definition) is 2. The monoisotopic (exact) mass is 243 g/mol. The molecule has 0 bridgehead atoms. The van der Waals surface area contributed by atoms with Gasteiger partial charge in [-0.15, -0.1) is 0 Å². The molecule has 0 saturated carbocycles. The van der Waals surface area contributed by atoms with Crippen molar-refractivity contribution in [3.63, 3.8) is 0 Å². The standard InChI is InChI=1S/C11H21N3O3/c1-11(2,3)17-10(16)14-6-5-8(7-14)13-9(15)12-4/h8H,5-7H2,1-4H3,(H2,12,13,15)/t8-/m0/s1. The number of ether oxygens (including phenoxy) is 1. The summed E-state index contributed by atoms with van der Waals surface area (Å²) in [6.07, 6.45) is 0.436. The Labute approximate surface area is 102 Å². The van der Waals surface area contributed by atoms with Crippen LogP contribution in [0.3, 0.4) is 0 Å². The summed E-state index contributed by atoms with van der Waals surface area (Å²) in [4.78, 5) is 24.5. The van der Waals surface area contributed by atoms with Crippen LogP contribution in [0, 0.1) is 0 Å². The highest BCUT2D eigenvalue weighted by atomic mass is 16.6. The molecular weight excluding hydrogens is 222 g/mol. The predicted molar refractivity (Wildman–Crippen MR) is 63.8 cm³/mol. The topological polar surface area (TPSA) is 70.7 Å². The van der Waals surface area contributed by atoms with E-state index in [4.69, 9.17) is 4.74 Å². The Morgan fingerprint density at radius 3 is 2.53 bits per heavy atom. The SMILES string of the molecule is CNC(=O)N[C@H]1CCN(C(=O)OC(C)(C)C)C1. The number of nitrogens with zero attached hydrogens (tertiary/aromatic N) is 1. The average Bonchev–Trinajstić information content (AvgIpc) is 2.63. The second-order valence-electron chi connectivity index (χ2n) is 5.14. The summed E-state index contributed by atoms with van der Waals surface area (Å²) in [5.74, 6) is 0. The van der Waals surface area contributed by atoms with Crippen molar-refractivity contribution in [1.29, 1.82) is 0 Å². The Balaban J connectivity index is 2.39. The lowest BCUT2D eigenvalue weighted by atomic mass is 10.2. The summed E-state index contributed by atoms with van der Waals surface area (Å²) in [6.45, 7) is 6.62. The van der Waals surface area contributed by atoms with Gasteiger partial charge in [-0.3, -0.25) is 0 Å². The van der Waals surface area contributed by atoms with E-state index >= 15 is 0 Å². The fraction of sp³-hybridized carbons (Fsp3) is 0.818. The van der Waals surface area contributed by atoms with E-state index < -0.39 is 5.60 Å². The quantitative estimate of drug-likeness (QED) is 0.719. The Hall–Kier alpha value is -1.46. The van der Waals surface area contributed by atoms with E-state index in [1.807, 2.05) is 20.8 Å². The highest BCUT2D eigenvalue weighted by molar-refractivity contribution is 5.74. The van der Waals surface area contributed by atoms with E-state index in [2.05, 4.69) is 10.6 Å². The van der Waals surface area contributed by atoms with Gasteiger partial charge < -0.3 is 20.3 Å². The summed E-state index contributed by atoms with van der Waals surface area (Å²) in [5.41, 5.74) is -0.483. The molecule has 1 rings (SSSR count). The molecule has 0 aromatic heterocycles. The van der Waals surface area contributed by atoms with E-state index in [1.54, 1.807) is 11.9 Å². The van der Waals surface area contributed by atoms with Crippen molar-refractivity contribution < 1.29 is 14.3 Å². The molecule has 6 heteroatoms. The van der Waals surface area contributed by atoms with E-state index in [9.17, 15) is 9.59 Å². The van der Waals surface area contributed by atoms with Crippen LogP contribution < -0.4 is 10.6 Å². The fourth-order valence-electron chi connectivity index (χ4n) is 1.63. The van der Waals surface area contributed by atoms with Crippen molar-refractivity contribution in [2.75, 3.05) is 20.1 Å². The number of urea groups is 1.